The molecule has 0 unspecified atom stereocenters. The van der Waals surface area contributed by atoms with E-state index in [9.17, 15) is 18.0 Å². The van der Waals surface area contributed by atoms with Crippen LogP contribution in [-0.4, -0.2) is 65.4 Å². The number of rotatable bonds is 5. The van der Waals surface area contributed by atoms with Crippen molar-refractivity contribution in [3.63, 3.8) is 0 Å². The van der Waals surface area contributed by atoms with Crippen molar-refractivity contribution in [3.05, 3.63) is 36.2 Å². The highest BCUT2D eigenvalue weighted by Crippen LogP contribution is 2.19. The second kappa shape index (κ2) is 7.59. The van der Waals surface area contributed by atoms with Gasteiger partial charge in [0.15, 0.2) is 15.9 Å². The number of amides is 1. The van der Waals surface area contributed by atoms with Crippen LogP contribution in [0.2, 0.25) is 0 Å². The van der Waals surface area contributed by atoms with Crippen molar-refractivity contribution in [2.75, 3.05) is 18.1 Å². The lowest BCUT2D eigenvalue weighted by Gasteiger charge is -2.29. The second-order valence-electron chi connectivity index (χ2n) is 6.49. The quantitative estimate of drug-likeness (QED) is 0.705. The molecule has 0 saturated carbocycles. The summed E-state index contributed by atoms with van der Waals surface area (Å²) in [7, 11) is -3.11. The Labute approximate surface area is 157 Å². The number of benzene rings is 1. The predicted molar refractivity (Wildman–Crippen MR) is 98.9 cm³/mol. The van der Waals surface area contributed by atoms with Gasteiger partial charge in [0.25, 0.3) is 5.91 Å². The average molecular weight is 391 g/mol. The third-order valence-electron chi connectivity index (χ3n) is 4.61. The van der Waals surface area contributed by atoms with Crippen LogP contribution in [0.1, 0.15) is 30.6 Å². The van der Waals surface area contributed by atoms with Gasteiger partial charge in [-0.1, -0.05) is 0 Å². The van der Waals surface area contributed by atoms with Crippen LogP contribution >= 0.6 is 0 Å². The maximum absolute atomic E-state index is 12.7. The number of carbonyl (C=O) groups excluding carboxylic acids is 2. The van der Waals surface area contributed by atoms with E-state index in [4.69, 9.17) is 4.74 Å². The number of carbonyl (C=O) groups is 2. The van der Waals surface area contributed by atoms with Gasteiger partial charge in [-0.2, -0.15) is 0 Å². The minimum Gasteiger partial charge on any atom is -0.449 e. The molecular weight excluding hydrogens is 370 g/mol. The number of ether oxygens (including phenoxy) is 1. The molecule has 1 fully saturated rings. The van der Waals surface area contributed by atoms with Gasteiger partial charge in [0.1, 0.15) is 0 Å². The standard InChI is InChI=1S/C18H21N3O5S/c1-3-21(14-6-9-27(24,25)11-14)17(22)12(2)26-18(23)13-4-5-15-16(10-13)20-8-7-19-15/h4-5,7-8,10,12,14H,3,6,9,11H2,1-2H3/t12-,14-/m1/s1. The molecular formula is C18H21N3O5S. The van der Waals surface area contributed by atoms with Gasteiger partial charge >= 0.3 is 5.97 Å². The van der Waals surface area contributed by atoms with Crippen molar-refractivity contribution in [1.29, 1.82) is 0 Å². The number of hydrogen-bond acceptors (Lipinski definition) is 7. The van der Waals surface area contributed by atoms with Crippen LogP contribution in [0, 0.1) is 0 Å². The van der Waals surface area contributed by atoms with Crippen molar-refractivity contribution in [2.45, 2.75) is 32.4 Å². The molecule has 9 heteroatoms. The zero-order valence-corrected chi connectivity index (χ0v) is 16.0. The van der Waals surface area contributed by atoms with Crippen LogP contribution in [0.25, 0.3) is 11.0 Å². The highest BCUT2D eigenvalue weighted by atomic mass is 32.2. The summed E-state index contributed by atoms with van der Waals surface area (Å²) >= 11 is 0. The third kappa shape index (κ3) is 4.24. The minimum absolute atomic E-state index is 0.0450. The summed E-state index contributed by atoms with van der Waals surface area (Å²) in [5.41, 5.74) is 1.48. The molecule has 0 bridgehead atoms. The number of hydrogen-bond donors (Lipinski definition) is 0. The number of likely N-dealkylation sites (N-methyl/N-ethyl adjacent to an activating group) is 1. The van der Waals surface area contributed by atoms with Gasteiger partial charge in [-0.05, 0) is 38.5 Å². The van der Waals surface area contributed by atoms with E-state index < -0.39 is 27.8 Å². The van der Waals surface area contributed by atoms with E-state index in [1.807, 2.05) is 0 Å². The van der Waals surface area contributed by atoms with Crippen molar-refractivity contribution < 1.29 is 22.7 Å². The average Bonchev–Trinajstić information content (AvgIpc) is 3.01. The van der Waals surface area contributed by atoms with E-state index in [0.29, 0.717) is 24.0 Å². The Morgan fingerprint density at radius 2 is 1.96 bits per heavy atom. The second-order valence-corrected chi connectivity index (χ2v) is 8.72. The Balaban J connectivity index is 1.69. The van der Waals surface area contributed by atoms with Gasteiger partial charge in [-0.25, -0.2) is 13.2 Å². The van der Waals surface area contributed by atoms with Crippen molar-refractivity contribution in [1.82, 2.24) is 14.9 Å². The SMILES string of the molecule is CCN(C(=O)[C@@H](C)OC(=O)c1ccc2nccnc2c1)[C@@H]1CCS(=O)(=O)C1. The molecule has 1 aliphatic heterocycles. The molecule has 3 rings (SSSR count). The van der Waals surface area contributed by atoms with E-state index in [1.54, 1.807) is 31.3 Å². The van der Waals surface area contributed by atoms with Gasteiger partial charge in [0, 0.05) is 25.0 Å². The number of aromatic nitrogens is 2. The summed E-state index contributed by atoms with van der Waals surface area (Å²) in [6, 6.07) is 4.41. The zero-order valence-electron chi connectivity index (χ0n) is 15.2. The topological polar surface area (TPSA) is 107 Å². The van der Waals surface area contributed by atoms with Crippen molar-refractivity contribution in [2.24, 2.45) is 0 Å². The fourth-order valence-electron chi connectivity index (χ4n) is 3.22. The summed E-state index contributed by atoms with van der Waals surface area (Å²) < 4.78 is 28.7. The van der Waals surface area contributed by atoms with E-state index in [1.165, 1.54) is 18.0 Å². The first-order valence-electron chi connectivity index (χ1n) is 8.73. The maximum atomic E-state index is 12.7. The maximum Gasteiger partial charge on any atom is 0.338 e. The lowest BCUT2D eigenvalue weighted by atomic mass is 10.2. The van der Waals surface area contributed by atoms with Crippen LogP contribution < -0.4 is 0 Å². The van der Waals surface area contributed by atoms with Crippen molar-refractivity contribution >= 4 is 32.7 Å². The molecule has 0 spiro atoms. The molecule has 0 aliphatic carbocycles. The third-order valence-corrected chi connectivity index (χ3v) is 6.36. The molecule has 27 heavy (non-hydrogen) atoms. The zero-order chi connectivity index (χ0) is 19.6. The molecule has 0 N–H and O–H groups in total. The summed E-state index contributed by atoms with van der Waals surface area (Å²) in [5, 5.41) is 0. The van der Waals surface area contributed by atoms with Crippen molar-refractivity contribution in [3.8, 4) is 0 Å². The van der Waals surface area contributed by atoms with E-state index >= 15 is 0 Å². The van der Waals surface area contributed by atoms with E-state index in [0.717, 1.165) is 0 Å². The predicted octanol–water partition coefficient (Wildman–Crippen LogP) is 1.21. The van der Waals surface area contributed by atoms with E-state index in [-0.39, 0.29) is 23.1 Å². The largest absolute Gasteiger partial charge is 0.449 e. The fraction of sp³-hybridized carbons (Fsp3) is 0.444. The molecule has 144 valence electrons. The molecule has 8 nitrogen and oxygen atoms in total. The van der Waals surface area contributed by atoms with Gasteiger partial charge in [-0.3, -0.25) is 14.8 Å². The Kier molecular flexibility index (Phi) is 5.41. The summed E-state index contributed by atoms with van der Waals surface area (Å²) in [5.74, 6) is -1.00. The fourth-order valence-corrected chi connectivity index (χ4v) is 4.95. The van der Waals surface area contributed by atoms with Gasteiger partial charge in [-0.15, -0.1) is 0 Å². The van der Waals surface area contributed by atoms with Crippen LogP contribution in [0.5, 0.6) is 0 Å². The smallest absolute Gasteiger partial charge is 0.338 e. The van der Waals surface area contributed by atoms with Crippen LogP contribution in [0.3, 0.4) is 0 Å². The van der Waals surface area contributed by atoms with Gasteiger partial charge in [0.05, 0.1) is 28.1 Å². The Morgan fingerprint density at radius 1 is 1.26 bits per heavy atom. The van der Waals surface area contributed by atoms with Gasteiger partial charge < -0.3 is 9.64 Å². The molecule has 1 aromatic carbocycles. The molecule has 1 amide bonds. The Bertz CT molecular complexity index is 976. The highest BCUT2D eigenvalue weighted by Gasteiger charge is 2.36. The van der Waals surface area contributed by atoms with Crippen LogP contribution in [-0.2, 0) is 19.4 Å². The molecule has 0 radical (unpaired) electrons. The number of nitrogens with zero attached hydrogens (tertiary/aromatic N) is 3. The number of esters is 1. The summed E-state index contributed by atoms with van der Waals surface area (Å²) in [6.45, 7) is 3.62. The lowest BCUT2D eigenvalue weighted by molar-refractivity contribution is -0.141. The van der Waals surface area contributed by atoms with Crippen LogP contribution in [0.15, 0.2) is 30.6 Å². The molecule has 2 aromatic rings. The molecule has 1 aliphatic rings. The van der Waals surface area contributed by atoms with Gasteiger partial charge in [0.2, 0.25) is 0 Å². The Hall–Kier alpha value is -2.55. The first-order chi connectivity index (χ1) is 12.8. The number of sulfone groups is 1. The Morgan fingerprint density at radius 3 is 2.59 bits per heavy atom. The first-order valence-corrected chi connectivity index (χ1v) is 10.6. The normalized spacial score (nSPS) is 19.6. The molecule has 1 aromatic heterocycles. The first kappa shape index (κ1) is 19.2. The molecule has 2 atom stereocenters. The highest BCUT2D eigenvalue weighted by molar-refractivity contribution is 7.91. The minimum atomic E-state index is -3.11. The monoisotopic (exact) mass is 391 g/mol. The lowest BCUT2D eigenvalue weighted by Crippen LogP contribution is -2.46. The van der Waals surface area contributed by atoms with Crippen LogP contribution in [0.4, 0.5) is 0 Å². The number of fused-ring (bicyclic) bond motifs is 1. The van der Waals surface area contributed by atoms with E-state index in [2.05, 4.69) is 9.97 Å². The summed E-state index contributed by atoms with van der Waals surface area (Å²) in [6.07, 6.45) is 2.48. The molecule has 2 heterocycles. The molecule has 1 saturated heterocycles. The summed E-state index contributed by atoms with van der Waals surface area (Å²) in [4.78, 5) is 34.8.